The van der Waals surface area contributed by atoms with Gasteiger partial charge in [0, 0.05) is 15.9 Å². The molecule has 0 bridgehead atoms. The zero-order valence-corrected chi connectivity index (χ0v) is 12.4. The van der Waals surface area contributed by atoms with Gasteiger partial charge in [0.2, 0.25) is 0 Å². The van der Waals surface area contributed by atoms with E-state index in [1.807, 2.05) is 12.1 Å². The number of carbonyl (C=O) groups excluding carboxylic acids is 1. The van der Waals surface area contributed by atoms with Crippen molar-refractivity contribution in [1.29, 1.82) is 0 Å². The lowest BCUT2D eigenvalue weighted by Gasteiger charge is -2.09. The summed E-state index contributed by atoms with van der Waals surface area (Å²) >= 11 is 4.94. The van der Waals surface area contributed by atoms with Gasteiger partial charge in [-0.1, -0.05) is 28.9 Å². The van der Waals surface area contributed by atoms with Crippen LogP contribution < -0.4 is 5.32 Å². The smallest absolute Gasteiger partial charge is 0.315 e. The first kappa shape index (κ1) is 14.5. The van der Waals surface area contributed by atoms with E-state index in [0.717, 1.165) is 22.5 Å². The van der Waals surface area contributed by atoms with Crippen molar-refractivity contribution in [2.75, 3.05) is 19.4 Å². The molecule has 94 valence electrons. The summed E-state index contributed by atoms with van der Waals surface area (Å²) in [4.78, 5) is 12.2. The fraction of sp³-hybridized carbons (Fsp3) is 0.417. The second-order valence-corrected chi connectivity index (χ2v) is 5.33. The Labute approximate surface area is 114 Å². The molecule has 1 aromatic carbocycles. The van der Waals surface area contributed by atoms with Gasteiger partial charge < -0.3 is 10.1 Å². The van der Waals surface area contributed by atoms with Crippen LogP contribution in [0, 0.1) is 0 Å². The van der Waals surface area contributed by atoms with Crippen molar-refractivity contribution in [3.63, 3.8) is 0 Å². The first-order valence-electron chi connectivity index (χ1n) is 5.36. The minimum absolute atomic E-state index is 0.204. The van der Waals surface area contributed by atoms with Crippen molar-refractivity contribution in [1.82, 2.24) is 5.32 Å². The highest BCUT2D eigenvalue weighted by atomic mass is 79.9. The van der Waals surface area contributed by atoms with E-state index in [1.165, 1.54) is 24.4 Å². The van der Waals surface area contributed by atoms with Crippen LogP contribution in [0.3, 0.4) is 0 Å². The zero-order valence-electron chi connectivity index (χ0n) is 9.96. The number of benzene rings is 1. The van der Waals surface area contributed by atoms with E-state index in [1.54, 1.807) is 0 Å². The molecule has 0 aliphatic rings. The molecule has 1 aromatic rings. The summed E-state index contributed by atoms with van der Waals surface area (Å²) < 4.78 is 5.65. The summed E-state index contributed by atoms with van der Waals surface area (Å²) in [7, 11) is 1.41. The van der Waals surface area contributed by atoms with Crippen LogP contribution in [0.15, 0.2) is 27.6 Å². The van der Waals surface area contributed by atoms with Gasteiger partial charge in [0.05, 0.1) is 12.9 Å². The molecule has 1 N–H and O–H groups in total. The van der Waals surface area contributed by atoms with Crippen LogP contribution in [0.4, 0.5) is 0 Å². The van der Waals surface area contributed by atoms with Gasteiger partial charge in [0.1, 0.15) is 0 Å². The molecule has 0 aliphatic heterocycles. The van der Waals surface area contributed by atoms with Crippen LogP contribution in [0.5, 0.6) is 0 Å². The van der Waals surface area contributed by atoms with Crippen LogP contribution >= 0.6 is 27.7 Å². The summed E-state index contributed by atoms with van der Waals surface area (Å²) in [6, 6.07) is 6.10. The number of hydrogen-bond acceptors (Lipinski definition) is 4. The normalized spacial score (nSPS) is 10.3. The molecule has 17 heavy (non-hydrogen) atoms. The fourth-order valence-corrected chi connectivity index (χ4v) is 2.70. The van der Waals surface area contributed by atoms with Gasteiger partial charge in [-0.15, -0.1) is 11.8 Å². The highest BCUT2D eigenvalue weighted by Gasteiger charge is 2.07. The van der Waals surface area contributed by atoms with Crippen molar-refractivity contribution in [3.8, 4) is 0 Å². The van der Waals surface area contributed by atoms with Crippen molar-refractivity contribution in [2.45, 2.75) is 18.4 Å². The van der Waals surface area contributed by atoms with Crippen LogP contribution in [0.2, 0.25) is 0 Å². The second-order valence-electron chi connectivity index (χ2n) is 3.40. The van der Waals surface area contributed by atoms with Crippen LogP contribution in [-0.4, -0.2) is 25.4 Å². The number of nitrogens with one attached hydrogen (secondary N) is 1. The Morgan fingerprint density at radius 3 is 2.94 bits per heavy atom. The molecule has 0 unspecified atom stereocenters. The van der Waals surface area contributed by atoms with Crippen molar-refractivity contribution >= 4 is 33.7 Å². The number of thioether (sulfide) groups is 1. The molecule has 1 rings (SSSR count). The second kappa shape index (κ2) is 7.74. The number of carbonyl (C=O) groups is 1. The molecule has 0 amide bonds. The number of esters is 1. The summed E-state index contributed by atoms with van der Waals surface area (Å²) in [5.74, 6) is 0.135. The minimum atomic E-state index is -0.204. The first-order chi connectivity index (χ1) is 8.17. The van der Waals surface area contributed by atoms with Gasteiger partial charge in [-0.2, -0.15) is 0 Å². The quantitative estimate of drug-likeness (QED) is 0.647. The Balaban J connectivity index is 2.72. The molecule has 0 saturated heterocycles. The molecule has 0 spiro atoms. The monoisotopic (exact) mass is 317 g/mol. The van der Waals surface area contributed by atoms with Gasteiger partial charge in [-0.25, -0.2) is 0 Å². The molecule has 0 atom stereocenters. The van der Waals surface area contributed by atoms with Gasteiger partial charge in [-0.05, 0) is 24.2 Å². The minimum Gasteiger partial charge on any atom is -0.468 e. The van der Waals surface area contributed by atoms with E-state index < -0.39 is 0 Å². The summed E-state index contributed by atoms with van der Waals surface area (Å²) in [6.45, 7) is 3.81. The molecule has 0 aliphatic carbocycles. The molecule has 5 heteroatoms. The van der Waals surface area contributed by atoms with Gasteiger partial charge in [0.25, 0.3) is 0 Å². The van der Waals surface area contributed by atoms with E-state index in [2.05, 4.69) is 39.0 Å². The van der Waals surface area contributed by atoms with E-state index in [-0.39, 0.29) is 5.97 Å². The van der Waals surface area contributed by atoms with Crippen LogP contribution in [-0.2, 0) is 16.1 Å². The Morgan fingerprint density at radius 1 is 1.53 bits per heavy atom. The third-order valence-corrected chi connectivity index (χ3v) is 3.73. The molecule has 0 radical (unpaired) electrons. The summed E-state index contributed by atoms with van der Waals surface area (Å²) in [6.07, 6.45) is 0. The lowest BCUT2D eigenvalue weighted by Crippen LogP contribution is -2.12. The highest BCUT2D eigenvalue weighted by molar-refractivity contribution is 9.10. The van der Waals surface area contributed by atoms with Gasteiger partial charge in [-0.3, -0.25) is 4.79 Å². The molecule has 0 heterocycles. The molecule has 0 saturated carbocycles. The van der Waals surface area contributed by atoms with E-state index in [0.29, 0.717) is 5.75 Å². The van der Waals surface area contributed by atoms with E-state index in [4.69, 9.17) is 0 Å². The SMILES string of the molecule is CCNCc1ccc(Br)cc1SCC(=O)OC. The summed E-state index contributed by atoms with van der Waals surface area (Å²) in [5.41, 5.74) is 1.20. The Kier molecular flexibility index (Phi) is 6.62. The molecule has 3 nitrogen and oxygen atoms in total. The number of hydrogen-bond donors (Lipinski definition) is 1. The number of ether oxygens (including phenoxy) is 1. The molecular weight excluding hydrogens is 302 g/mol. The molecule has 0 fully saturated rings. The third-order valence-electron chi connectivity index (χ3n) is 2.17. The van der Waals surface area contributed by atoms with E-state index in [9.17, 15) is 4.79 Å². The Morgan fingerprint density at radius 2 is 2.29 bits per heavy atom. The van der Waals surface area contributed by atoms with Gasteiger partial charge in [0.15, 0.2) is 0 Å². The lowest BCUT2D eigenvalue weighted by molar-refractivity contribution is -0.137. The van der Waals surface area contributed by atoms with Gasteiger partial charge >= 0.3 is 5.97 Å². The van der Waals surface area contributed by atoms with Crippen LogP contribution in [0.1, 0.15) is 12.5 Å². The fourth-order valence-electron chi connectivity index (χ4n) is 1.26. The average molecular weight is 318 g/mol. The Hall–Kier alpha value is -0.520. The molecular formula is C12H16BrNO2S. The van der Waals surface area contributed by atoms with Crippen molar-refractivity contribution in [3.05, 3.63) is 28.2 Å². The maximum absolute atomic E-state index is 11.1. The topological polar surface area (TPSA) is 38.3 Å². The lowest BCUT2D eigenvalue weighted by atomic mass is 10.2. The number of halogens is 1. The van der Waals surface area contributed by atoms with Crippen molar-refractivity contribution < 1.29 is 9.53 Å². The number of rotatable bonds is 6. The van der Waals surface area contributed by atoms with E-state index >= 15 is 0 Å². The third kappa shape index (κ3) is 5.10. The predicted molar refractivity (Wildman–Crippen MR) is 74.3 cm³/mol. The van der Waals surface area contributed by atoms with Crippen LogP contribution in [0.25, 0.3) is 0 Å². The zero-order chi connectivity index (χ0) is 12.7. The Bertz CT molecular complexity index is 385. The average Bonchev–Trinajstić information content (AvgIpc) is 2.34. The standard InChI is InChI=1S/C12H16BrNO2S/c1-3-14-7-9-4-5-10(13)6-11(9)17-8-12(15)16-2/h4-6,14H,3,7-8H2,1-2H3. The molecule has 0 aromatic heterocycles. The first-order valence-corrected chi connectivity index (χ1v) is 7.14. The maximum atomic E-state index is 11.1. The predicted octanol–water partition coefficient (Wildman–Crippen LogP) is 2.82. The highest BCUT2D eigenvalue weighted by Crippen LogP contribution is 2.26. The largest absolute Gasteiger partial charge is 0.468 e. The maximum Gasteiger partial charge on any atom is 0.315 e. The number of methoxy groups -OCH3 is 1. The van der Waals surface area contributed by atoms with Crippen molar-refractivity contribution in [2.24, 2.45) is 0 Å². The summed E-state index contributed by atoms with van der Waals surface area (Å²) in [5, 5.41) is 3.28.